The Morgan fingerprint density at radius 3 is 2.53 bits per heavy atom. The minimum atomic E-state index is -0.771. The van der Waals surface area contributed by atoms with Crippen molar-refractivity contribution in [2.24, 2.45) is 5.92 Å². The third-order valence-electron chi connectivity index (χ3n) is 6.10. The minimum Gasteiger partial charge on any atom is -0.488 e. The van der Waals surface area contributed by atoms with Crippen molar-refractivity contribution in [3.63, 3.8) is 0 Å². The molecule has 0 bridgehead atoms. The molecular formula is C27H37ClFNO4. The van der Waals surface area contributed by atoms with Gasteiger partial charge in [-0.1, -0.05) is 30.3 Å². The fourth-order valence-corrected chi connectivity index (χ4v) is 4.52. The Bertz CT molecular complexity index is 912. The Morgan fingerprint density at radius 1 is 1.21 bits per heavy atom. The lowest BCUT2D eigenvalue weighted by Gasteiger charge is -2.30. The number of halogens is 2. The van der Waals surface area contributed by atoms with E-state index in [2.05, 4.69) is 43.4 Å². The molecule has 0 saturated heterocycles. The molecule has 0 aromatic heterocycles. The van der Waals surface area contributed by atoms with Crippen molar-refractivity contribution >= 4 is 18.4 Å². The number of β-amino-alcohol motifs (C(OH)–C–C–N with tert-alkyl or cyclic N) is 1. The summed E-state index contributed by atoms with van der Waals surface area (Å²) in [7, 11) is 0. The monoisotopic (exact) mass is 493 g/mol. The van der Waals surface area contributed by atoms with Gasteiger partial charge in [0, 0.05) is 18.5 Å². The molecular weight excluding hydrogens is 457 g/mol. The number of nitrogens with one attached hydrogen (secondary N) is 1. The number of aliphatic hydroxyl groups is 1. The van der Waals surface area contributed by atoms with E-state index in [1.807, 2.05) is 0 Å². The fourth-order valence-electron chi connectivity index (χ4n) is 4.52. The predicted octanol–water partition coefficient (Wildman–Crippen LogP) is 4.66. The number of rotatable bonds is 12. The van der Waals surface area contributed by atoms with Gasteiger partial charge in [0.25, 0.3) is 0 Å². The highest BCUT2D eigenvalue weighted by molar-refractivity contribution is 5.85. The predicted molar refractivity (Wildman–Crippen MR) is 134 cm³/mol. The molecule has 0 fully saturated rings. The number of aryl methyl sites for hydroxylation is 1. The highest BCUT2D eigenvalue weighted by atomic mass is 35.5. The highest BCUT2D eigenvalue weighted by Crippen LogP contribution is 2.31. The third kappa shape index (κ3) is 8.57. The van der Waals surface area contributed by atoms with Gasteiger partial charge in [-0.2, -0.15) is 0 Å². The summed E-state index contributed by atoms with van der Waals surface area (Å²) in [5.41, 5.74) is 3.54. The minimum absolute atomic E-state index is 0. The summed E-state index contributed by atoms with van der Waals surface area (Å²) in [6.07, 6.45) is 3.10. The van der Waals surface area contributed by atoms with Crippen molar-refractivity contribution in [2.45, 2.75) is 64.5 Å². The first-order valence-corrected chi connectivity index (χ1v) is 11.8. The summed E-state index contributed by atoms with van der Waals surface area (Å²) in [5.74, 6) is -0.103. The van der Waals surface area contributed by atoms with Gasteiger partial charge in [0.2, 0.25) is 0 Å². The van der Waals surface area contributed by atoms with E-state index in [9.17, 15) is 14.3 Å². The van der Waals surface area contributed by atoms with Crippen molar-refractivity contribution < 1.29 is 23.8 Å². The van der Waals surface area contributed by atoms with Crippen LogP contribution in [0.15, 0.2) is 42.5 Å². The molecule has 7 heteroatoms. The van der Waals surface area contributed by atoms with Crippen molar-refractivity contribution in [1.82, 2.24) is 5.32 Å². The molecule has 2 aromatic carbocycles. The summed E-state index contributed by atoms with van der Waals surface area (Å²) in [4.78, 5) is 11.5. The van der Waals surface area contributed by atoms with Crippen LogP contribution in [-0.4, -0.2) is 42.5 Å². The van der Waals surface area contributed by atoms with Gasteiger partial charge in [-0.05, 0) is 81.2 Å². The average molecular weight is 494 g/mol. The van der Waals surface area contributed by atoms with Crippen LogP contribution in [0.25, 0.3) is 0 Å². The second-order valence-corrected chi connectivity index (χ2v) is 9.55. The quantitative estimate of drug-likeness (QED) is 0.421. The SMILES string of the molecule is CCOC(=O)CCc1ccc(F)c(OC[C@H](O)CNC(C)(C)CC2Cc3ccccc3C2)c1.Cl. The molecule has 0 aliphatic heterocycles. The maximum Gasteiger partial charge on any atom is 0.306 e. The molecule has 1 aliphatic rings. The number of aliphatic hydroxyl groups excluding tert-OH is 1. The second-order valence-electron chi connectivity index (χ2n) is 9.55. The molecule has 0 saturated carbocycles. The first-order valence-electron chi connectivity index (χ1n) is 11.8. The number of fused-ring (bicyclic) bond motifs is 1. The Hall–Kier alpha value is -2.15. The van der Waals surface area contributed by atoms with Crippen LogP contribution in [0.2, 0.25) is 0 Å². The van der Waals surface area contributed by atoms with E-state index in [0.29, 0.717) is 25.5 Å². The first kappa shape index (κ1) is 28.1. The Labute approximate surface area is 208 Å². The molecule has 1 atom stereocenters. The van der Waals surface area contributed by atoms with Crippen LogP contribution in [-0.2, 0) is 28.8 Å². The Balaban J connectivity index is 0.00000408. The molecule has 2 aromatic rings. The van der Waals surface area contributed by atoms with Gasteiger partial charge in [-0.3, -0.25) is 4.79 Å². The molecule has 188 valence electrons. The number of carbonyl (C=O) groups excluding carboxylic acids is 1. The van der Waals surface area contributed by atoms with E-state index in [1.165, 1.54) is 17.2 Å². The zero-order valence-electron chi connectivity index (χ0n) is 20.3. The lowest BCUT2D eigenvalue weighted by molar-refractivity contribution is -0.143. The van der Waals surface area contributed by atoms with Crippen LogP contribution >= 0.6 is 12.4 Å². The van der Waals surface area contributed by atoms with Crippen molar-refractivity contribution in [1.29, 1.82) is 0 Å². The number of hydrogen-bond acceptors (Lipinski definition) is 5. The molecule has 1 aliphatic carbocycles. The lowest BCUT2D eigenvalue weighted by atomic mass is 9.88. The smallest absolute Gasteiger partial charge is 0.306 e. The van der Waals surface area contributed by atoms with Crippen molar-refractivity contribution in [2.75, 3.05) is 19.8 Å². The average Bonchev–Trinajstić information content (AvgIpc) is 3.18. The van der Waals surface area contributed by atoms with Crippen LogP contribution < -0.4 is 10.1 Å². The molecule has 34 heavy (non-hydrogen) atoms. The summed E-state index contributed by atoms with van der Waals surface area (Å²) < 4.78 is 24.6. The number of benzene rings is 2. The first-order chi connectivity index (χ1) is 15.8. The van der Waals surface area contributed by atoms with Gasteiger partial charge >= 0.3 is 5.97 Å². The molecule has 3 rings (SSSR count). The van der Waals surface area contributed by atoms with Crippen LogP contribution in [0.1, 0.15) is 50.3 Å². The standard InChI is InChI=1S/C27H36FNO4.ClH/c1-4-32-26(31)12-10-19-9-11-24(28)25(15-19)33-18-23(30)17-29-27(2,3)16-20-13-21-7-5-6-8-22(21)14-20;/h5-9,11,15,20,23,29-30H,4,10,12-14,16-18H2,1-3H3;1H/t23-;/m1./s1. The van der Waals surface area contributed by atoms with Crippen molar-refractivity contribution in [3.8, 4) is 5.75 Å². The topological polar surface area (TPSA) is 67.8 Å². The van der Waals surface area contributed by atoms with Crippen LogP contribution in [0.3, 0.4) is 0 Å². The Kier molecular flexibility index (Phi) is 10.8. The number of ether oxygens (including phenoxy) is 2. The fraction of sp³-hybridized carbons (Fsp3) is 0.519. The highest BCUT2D eigenvalue weighted by Gasteiger charge is 2.28. The van der Waals surface area contributed by atoms with Gasteiger partial charge in [0.05, 0.1) is 6.61 Å². The summed E-state index contributed by atoms with van der Waals surface area (Å²) in [5, 5.41) is 13.8. The van der Waals surface area contributed by atoms with E-state index in [0.717, 1.165) is 24.8 Å². The number of carbonyl (C=O) groups is 1. The molecule has 0 spiro atoms. The van der Waals surface area contributed by atoms with Gasteiger partial charge in [0.1, 0.15) is 12.7 Å². The summed E-state index contributed by atoms with van der Waals surface area (Å²) in [6, 6.07) is 13.1. The van der Waals surface area contributed by atoms with Crippen LogP contribution in [0.5, 0.6) is 5.75 Å². The summed E-state index contributed by atoms with van der Waals surface area (Å²) >= 11 is 0. The van der Waals surface area contributed by atoms with Gasteiger partial charge < -0.3 is 19.9 Å². The molecule has 0 heterocycles. The maximum absolute atomic E-state index is 14.1. The molecule has 5 nitrogen and oxygen atoms in total. The maximum atomic E-state index is 14.1. The zero-order chi connectivity index (χ0) is 23.8. The van der Waals surface area contributed by atoms with E-state index in [4.69, 9.17) is 9.47 Å². The number of hydrogen-bond donors (Lipinski definition) is 2. The third-order valence-corrected chi connectivity index (χ3v) is 6.10. The van der Waals surface area contributed by atoms with Crippen LogP contribution in [0.4, 0.5) is 4.39 Å². The van der Waals surface area contributed by atoms with Gasteiger partial charge in [0.15, 0.2) is 11.6 Å². The van der Waals surface area contributed by atoms with Crippen molar-refractivity contribution in [3.05, 3.63) is 65.0 Å². The Morgan fingerprint density at radius 2 is 1.88 bits per heavy atom. The van der Waals surface area contributed by atoms with Gasteiger partial charge in [-0.15, -0.1) is 12.4 Å². The van der Waals surface area contributed by atoms with E-state index >= 15 is 0 Å². The normalized spacial score (nSPS) is 14.3. The molecule has 0 unspecified atom stereocenters. The zero-order valence-corrected chi connectivity index (χ0v) is 21.1. The van der Waals surface area contributed by atoms with E-state index < -0.39 is 11.9 Å². The van der Waals surface area contributed by atoms with Gasteiger partial charge in [-0.25, -0.2) is 4.39 Å². The molecule has 0 amide bonds. The molecule has 0 radical (unpaired) electrons. The number of esters is 1. The summed E-state index contributed by atoms with van der Waals surface area (Å²) in [6.45, 7) is 6.74. The second kappa shape index (κ2) is 13.1. The van der Waals surface area contributed by atoms with E-state index in [1.54, 1.807) is 19.1 Å². The lowest BCUT2D eigenvalue weighted by Crippen LogP contribution is -2.46. The van der Waals surface area contributed by atoms with Crippen LogP contribution in [0, 0.1) is 11.7 Å². The largest absolute Gasteiger partial charge is 0.488 e. The van der Waals surface area contributed by atoms with E-state index in [-0.39, 0.29) is 42.7 Å². The molecule has 2 N–H and O–H groups in total.